The van der Waals surface area contributed by atoms with Crippen molar-refractivity contribution in [2.24, 2.45) is 0 Å². The van der Waals surface area contributed by atoms with Gasteiger partial charge in [0.2, 0.25) is 0 Å². The van der Waals surface area contributed by atoms with E-state index in [-0.39, 0.29) is 5.82 Å². The summed E-state index contributed by atoms with van der Waals surface area (Å²) in [6.45, 7) is 4.63. The average molecular weight is 259 g/mol. The fourth-order valence-corrected chi connectivity index (χ4v) is 2.03. The Kier molecular flexibility index (Phi) is 4.05. The molecule has 2 nitrogen and oxygen atoms in total. The van der Waals surface area contributed by atoms with E-state index in [9.17, 15) is 4.39 Å². The van der Waals surface area contributed by atoms with E-state index in [4.69, 9.17) is 4.74 Å². The van der Waals surface area contributed by atoms with Crippen LogP contribution in [0, 0.1) is 19.7 Å². The molecule has 0 spiro atoms. The maximum atomic E-state index is 13.2. The van der Waals surface area contributed by atoms with Crippen LogP contribution in [0.5, 0.6) is 5.75 Å². The summed E-state index contributed by atoms with van der Waals surface area (Å²) in [7, 11) is 1.66. The van der Waals surface area contributed by atoms with Crippen molar-refractivity contribution in [3.05, 3.63) is 58.9 Å². The predicted molar refractivity (Wildman–Crippen MR) is 76.2 cm³/mol. The number of hydrogen-bond acceptors (Lipinski definition) is 2. The fraction of sp³-hybridized carbons (Fsp3) is 0.250. The zero-order valence-electron chi connectivity index (χ0n) is 11.5. The number of rotatable bonds is 4. The molecule has 0 amide bonds. The van der Waals surface area contributed by atoms with E-state index in [1.165, 1.54) is 12.1 Å². The average Bonchev–Trinajstić information content (AvgIpc) is 2.40. The standard InChI is InChI=1S/C16H18FNO/c1-11-4-6-14(17)9-15(11)18-10-13-5-7-16(19-3)12(2)8-13/h4-9,18H,10H2,1-3H3. The lowest BCUT2D eigenvalue weighted by Gasteiger charge is -2.11. The zero-order chi connectivity index (χ0) is 13.8. The van der Waals surface area contributed by atoms with E-state index in [0.29, 0.717) is 6.54 Å². The number of nitrogens with one attached hydrogen (secondary N) is 1. The van der Waals surface area contributed by atoms with Crippen LogP contribution in [-0.2, 0) is 6.54 Å². The van der Waals surface area contributed by atoms with E-state index in [1.54, 1.807) is 13.2 Å². The maximum Gasteiger partial charge on any atom is 0.125 e. The first-order chi connectivity index (χ1) is 9.10. The minimum atomic E-state index is -0.223. The van der Waals surface area contributed by atoms with Crippen LogP contribution in [0.25, 0.3) is 0 Å². The summed E-state index contributed by atoms with van der Waals surface area (Å²) in [4.78, 5) is 0. The Balaban J connectivity index is 2.10. The SMILES string of the molecule is COc1ccc(CNc2cc(F)ccc2C)cc1C. The fourth-order valence-electron chi connectivity index (χ4n) is 2.03. The predicted octanol–water partition coefficient (Wildman–Crippen LogP) is 4.06. The first-order valence-electron chi connectivity index (χ1n) is 6.23. The molecule has 0 aliphatic heterocycles. The van der Waals surface area contributed by atoms with Crippen molar-refractivity contribution >= 4 is 5.69 Å². The van der Waals surface area contributed by atoms with Gasteiger partial charge >= 0.3 is 0 Å². The van der Waals surface area contributed by atoms with Crippen molar-refractivity contribution in [2.75, 3.05) is 12.4 Å². The van der Waals surface area contributed by atoms with Gasteiger partial charge in [-0.3, -0.25) is 0 Å². The molecule has 0 radical (unpaired) electrons. The lowest BCUT2D eigenvalue weighted by molar-refractivity contribution is 0.411. The maximum absolute atomic E-state index is 13.2. The normalized spacial score (nSPS) is 10.3. The Morgan fingerprint density at radius 2 is 1.84 bits per heavy atom. The molecule has 1 N–H and O–H groups in total. The van der Waals surface area contributed by atoms with Gasteiger partial charge in [0.1, 0.15) is 11.6 Å². The number of benzene rings is 2. The lowest BCUT2D eigenvalue weighted by Crippen LogP contribution is -2.02. The van der Waals surface area contributed by atoms with Crippen LogP contribution in [0.4, 0.5) is 10.1 Å². The first kappa shape index (κ1) is 13.4. The quantitative estimate of drug-likeness (QED) is 0.894. The molecule has 0 aliphatic carbocycles. The van der Waals surface area contributed by atoms with E-state index in [2.05, 4.69) is 11.4 Å². The Labute approximate surface area is 113 Å². The molecule has 0 saturated carbocycles. The number of ether oxygens (including phenoxy) is 1. The number of halogens is 1. The third-order valence-electron chi connectivity index (χ3n) is 3.14. The molecular formula is C16H18FNO. The van der Waals surface area contributed by atoms with Crippen LogP contribution >= 0.6 is 0 Å². The molecule has 0 heterocycles. The molecule has 2 aromatic carbocycles. The Morgan fingerprint density at radius 1 is 1.05 bits per heavy atom. The van der Waals surface area contributed by atoms with Crippen molar-refractivity contribution in [1.82, 2.24) is 0 Å². The molecule has 0 unspecified atom stereocenters. The van der Waals surface area contributed by atoms with Gasteiger partial charge in [0, 0.05) is 12.2 Å². The summed E-state index contributed by atoms with van der Waals surface area (Å²) in [5.74, 6) is 0.657. The molecule has 0 atom stereocenters. The number of hydrogen-bond donors (Lipinski definition) is 1. The smallest absolute Gasteiger partial charge is 0.125 e. The van der Waals surface area contributed by atoms with Crippen molar-refractivity contribution in [3.63, 3.8) is 0 Å². The van der Waals surface area contributed by atoms with Gasteiger partial charge in [-0.2, -0.15) is 0 Å². The summed E-state index contributed by atoms with van der Waals surface area (Å²) >= 11 is 0. The summed E-state index contributed by atoms with van der Waals surface area (Å²) in [6.07, 6.45) is 0. The molecule has 0 fully saturated rings. The van der Waals surface area contributed by atoms with Crippen LogP contribution in [0.2, 0.25) is 0 Å². The number of aryl methyl sites for hydroxylation is 2. The number of anilines is 1. The highest BCUT2D eigenvalue weighted by atomic mass is 19.1. The van der Waals surface area contributed by atoms with Crippen molar-refractivity contribution < 1.29 is 9.13 Å². The van der Waals surface area contributed by atoms with E-state index in [1.807, 2.05) is 26.0 Å². The van der Waals surface area contributed by atoms with Gasteiger partial charge in [0.05, 0.1) is 7.11 Å². The first-order valence-corrected chi connectivity index (χ1v) is 6.23. The molecule has 3 heteroatoms. The molecule has 0 bridgehead atoms. The highest BCUT2D eigenvalue weighted by Crippen LogP contribution is 2.20. The van der Waals surface area contributed by atoms with Gasteiger partial charge in [-0.25, -0.2) is 4.39 Å². The highest BCUT2D eigenvalue weighted by Gasteiger charge is 2.02. The molecule has 2 aromatic rings. The van der Waals surface area contributed by atoms with E-state index < -0.39 is 0 Å². The molecule has 0 aromatic heterocycles. The molecule has 0 aliphatic rings. The molecule has 0 saturated heterocycles. The zero-order valence-corrected chi connectivity index (χ0v) is 11.5. The minimum Gasteiger partial charge on any atom is -0.496 e. The van der Waals surface area contributed by atoms with E-state index in [0.717, 1.165) is 28.1 Å². The third-order valence-corrected chi connectivity index (χ3v) is 3.14. The second-order valence-electron chi connectivity index (χ2n) is 4.62. The topological polar surface area (TPSA) is 21.3 Å². The Bertz CT molecular complexity index is 581. The van der Waals surface area contributed by atoms with Crippen molar-refractivity contribution in [1.29, 1.82) is 0 Å². The van der Waals surface area contributed by atoms with Crippen molar-refractivity contribution in [3.8, 4) is 5.75 Å². The molecule has 100 valence electrons. The van der Waals surface area contributed by atoms with Crippen LogP contribution in [0.1, 0.15) is 16.7 Å². The van der Waals surface area contributed by atoms with Gasteiger partial charge in [-0.05, 0) is 48.7 Å². The van der Waals surface area contributed by atoms with Crippen LogP contribution in [0.15, 0.2) is 36.4 Å². The second kappa shape index (κ2) is 5.74. The van der Waals surface area contributed by atoms with Gasteiger partial charge in [0.25, 0.3) is 0 Å². The second-order valence-corrected chi connectivity index (χ2v) is 4.62. The monoisotopic (exact) mass is 259 g/mol. The Morgan fingerprint density at radius 3 is 2.53 bits per heavy atom. The largest absolute Gasteiger partial charge is 0.496 e. The number of methoxy groups -OCH3 is 1. The van der Waals surface area contributed by atoms with Gasteiger partial charge in [-0.15, -0.1) is 0 Å². The van der Waals surface area contributed by atoms with Gasteiger partial charge in [-0.1, -0.05) is 18.2 Å². The Hall–Kier alpha value is -2.03. The minimum absolute atomic E-state index is 0.223. The summed E-state index contributed by atoms with van der Waals surface area (Å²) in [6, 6.07) is 10.8. The summed E-state index contributed by atoms with van der Waals surface area (Å²) < 4.78 is 18.4. The molecular weight excluding hydrogens is 241 g/mol. The van der Waals surface area contributed by atoms with Crippen molar-refractivity contribution in [2.45, 2.75) is 20.4 Å². The summed E-state index contributed by atoms with van der Waals surface area (Å²) in [5, 5.41) is 3.25. The third kappa shape index (κ3) is 3.25. The van der Waals surface area contributed by atoms with E-state index >= 15 is 0 Å². The van der Waals surface area contributed by atoms with Crippen LogP contribution < -0.4 is 10.1 Å². The molecule has 19 heavy (non-hydrogen) atoms. The van der Waals surface area contributed by atoms with Gasteiger partial charge in [0.15, 0.2) is 0 Å². The lowest BCUT2D eigenvalue weighted by atomic mass is 10.1. The van der Waals surface area contributed by atoms with Crippen LogP contribution in [0.3, 0.4) is 0 Å². The highest BCUT2D eigenvalue weighted by molar-refractivity contribution is 5.51. The molecule has 2 rings (SSSR count). The van der Waals surface area contributed by atoms with Crippen LogP contribution in [-0.4, -0.2) is 7.11 Å². The van der Waals surface area contributed by atoms with Gasteiger partial charge < -0.3 is 10.1 Å². The summed E-state index contributed by atoms with van der Waals surface area (Å²) in [5.41, 5.74) is 4.10.